The molecule has 0 saturated heterocycles. The molecule has 0 fully saturated rings. The molecule has 0 aliphatic heterocycles. The minimum atomic E-state index is 0.111. The van der Waals surface area contributed by atoms with Crippen LogP contribution in [0.25, 0.3) is 0 Å². The molecule has 76 valence electrons. The number of hydrogen-bond acceptors (Lipinski definition) is 2. The molecule has 0 heterocycles. The van der Waals surface area contributed by atoms with Crippen LogP contribution in [-0.2, 0) is 11.2 Å². The third kappa shape index (κ3) is 2.87. The first-order chi connectivity index (χ1) is 6.63. The van der Waals surface area contributed by atoms with Gasteiger partial charge in [-0.3, -0.25) is 0 Å². The van der Waals surface area contributed by atoms with Crippen molar-refractivity contribution >= 4 is 12.0 Å². The quantitative estimate of drug-likeness (QED) is 0.679. The number of aldehydes is 1. The molecule has 1 aromatic rings. The highest BCUT2D eigenvalue weighted by molar-refractivity contribution is 5.54. The van der Waals surface area contributed by atoms with E-state index in [1.165, 1.54) is 11.3 Å². The average Bonchev–Trinajstić information content (AvgIpc) is 2.18. The van der Waals surface area contributed by atoms with Crippen molar-refractivity contribution < 1.29 is 4.79 Å². The molecule has 2 nitrogen and oxygen atoms in total. The van der Waals surface area contributed by atoms with Crippen LogP contribution in [-0.4, -0.2) is 20.4 Å². The van der Waals surface area contributed by atoms with Crippen LogP contribution >= 0.6 is 0 Å². The lowest BCUT2D eigenvalue weighted by molar-refractivity contribution is -0.110. The molecule has 1 atom stereocenters. The minimum Gasteiger partial charge on any atom is -0.378 e. The lowest BCUT2D eigenvalue weighted by Gasteiger charge is -2.13. The smallest absolute Gasteiger partial charge is 0.123 e. The van der Waals surface area contributed by atoms with Gasteiger partial charge in [0.1, 0.15) is 6.29 Å². The van der Waals surface area contributed by atoms with Gasteiger partial charge in [-0.1, -0.05) is 19.1 Å². The molecular formula is C12H17NO. The normalized spacial score (nSPS) is 12.2. The summed E-state index contributed by atoms with van der Waals surface area (Å²) in [6.45, 7) is 1.94. The van der Waals surface area contributed by atoms with Gasteiger partial charge < -0.3 is 9.69 Å². The zero-order valence-electron chi connectivity index (χ0n) is 9.03. The van der Waals surface area contributed by atoms with E-state index in [1.54, 1.807) is 0 Å². The summed E-state index contributed by atoms with van der Waals surface area (Å²) in [7, 11) is 4.03. The van der Waals surface area contributed by atoms with Crippen molar-refractivity contribution in [3.63, 3.8) is 0 Å². The van der Waals surface area contributed by atoms with E-state index in [1.807, 2.05) is 21.0 Å². The Morgan fingerprint density at radius 1 is 1.29 bits per heavy atom. The molecule has 0 spiro atoms. The van der Waals surface area contributed by atoms with Gasteiger partial charge in [0, 0.05) is 25.7 Å². The van der Waals surface area contributed by atoms with Gasteiger partial charge in [-0.05, 0) is 24.1 Å². The number of anilines is 1. The van der Waals surface area contributed by atoms with Crippen LogP contribution < -0.4 is 4.90 Å². The molecule has 0 amide bonds. The molecular weight excluding hydrogens is 174 g/mol. The fraction of sp³-hybridized carbons (Fsp3) is 0.417. The van der Waals surface area contributed by atoms with E-state index in [2.05, 4.69) is 29.2 Å². The molecule has 14 heavy (non-hydrogen) atoms. The van der Waals surface area contributed by atoms with Gasteiger partial charge in [0.15, 0.2) is 0 Å². The Balaban J connectivity index is 2.68. The van der Waals surface area contributed by atoms with Gasteiger partial charge in [-0.2, -0.15) is 0 Å². The van der Waals surface area contributed by atoms with E-state index in [0.29, 0.717) is 0 Å². The van der Waals surface area contributed by atoms with Crippen molar-refractivity contribution in [2.24, 2.45) is 5.92 Å². The predicted molar refractivity (Wildman–Crippen MR) is 59.7 cm³/mol. The largest absolute Gasteiger partial charge is 0.378 e. The molecule has 0 N–H and O–H groups in total. The van der Waals surface area contributed by atoms with Gasteiger partial charge in [0.05, 0.1) is 0 Å². The predicted octanol–water partition coefficient (Wildman–Crippen LogP) is 2.13. The van der Waals surface area contributed by atoms with Crippen molar-refractivity contribution in [1.82, 2.24) is 0 Å². The maximum absolute atomic E-state index is 10.5. The highest BCUT2D eigenvalue weighted by atomic mass is 16.1. The first-order valence-electron chi connectivity index (χ1n) is 4.85. The van der Waals surface area contributed by atoms with Gasteiger partial charge in [0.2, 0.25) is 0 Å². The number of hydrogen-bond donors (Lipinski definition) is 0. The summed E-state index contributed by atoms with van der Waals surface area (Å²) in [5.74, 6) is 0.111. The summed E-state index contributed by atoms with van der Waals surface area (Å²) >= 11 is 0. The number of rotatable bonds is 4. The summed E-state index contributed by atoms with van der Waals surface area (Å²) in [6.07, 6.45) is 1.83. The van der Waals surface area contributed by atoms with Crippen LogP contribution in [0.2, 0.25) is 0 Å². The SMILES string of the molecule is CC(C=O)Cc1ccc(N(C)C)cc1. The summed E-state index contributed by atoms with van der Waals surface area (Å²) in [4.78, 5) is 12.5. The third-order valence-corrected chi connectivity index (χ3v) is 2.24. The Morgan fingerprint density at radius 2 is 1.86 bits per heavy atom. The molecule has 0 bridgehead atoms. The van der Waals surface area contributed by atoms with Crippen molar-refractivity contribution in [2.45, 2.75) is 13.3 Å². The van der Waals surface area contributed by atoms with Crippen LogP contribution in [0.15, 0.2) is 24.3 Å². The molecule has 0 aliphatic rings. The van der Waals surface area contributed by atoms with Crippen LogP contribution in [0.5, 0.6) is 0 Å². The fourth-order valence-electron chi connectivity index (χ4n) is 1.35. The van der Waals surface area contributed by atoms with Gasteiger partial charge in [-0.15, -0.1) is 0 Å². The maximum Gasteiger partial charge on any atom is 0.123 e. The van der Waals surface area contributed by atoms with Crippen molar-refractivity contribution in [3.8, 4) is 0 Å². The zero-order valence-corrected chi connectivity index (χ0v) is 9.03. The van der Waals surface area contributed by atoms with Gasteiger partial charge in [-0.25, -0.2) is 0 Å². The lowest BCUT2D eigenvalue weighted by atomic mass is 10.0. The standard InChI is InChI=1S/C12H17NO/c1-10(9-14)8-11-4-6-12(7-5-11)13(2)3/h4-7,9-10H,8H2,1-3H3. The average molecular weight is 191 g/mol. The van der Waals surface area contributed by atoms with Crippen LogP contribution in [0.4, 0.5) is 5.69 Å². The van der Waals surface area contributed by atoms with E-state index in [4.69, 9.17) is 0 Å². The maximum atomic E-state index is 10.5. The van der Waals surface area contributed by atoms with E-state index in [9.17, 15) is 4.79 Å². The molecule has 1 unspecified atom stereocenters. The van der Waals surface area contributed by atoms with Gasteiger partial charge >= 0.3 is 0 Å². The Bertz CT molecular complexity index is 290. The van der Waals surface area contributed by atoms with Crippen molar-refractivity contribution in [3.05, 3.63) is 29.8 Å². The first-order valence-corrected chi connectivity index (χ1v) is 4.85. The van der Waals surface area contributed by atoms with E-state index < -0.39 is 0 Å². The second kappa shape index (κ2) is 4.80. The number of benzene rings is 1. The van der Waals surface area contributed by atoms with Crippen LogP contribution in [0.3, 0.4) is 0 Å². The first kappa shape index (κ1) is 10.8. The minimum absolute atomic E-state index is 0.111. The monoisotopic (exact) mass is 191 g/mol. The van der Waals surface area contributed by atoms with Crippen molar-refractivity contribution in [2.75, 3.05) is 19.0 Å². The molecule has 0 aliphatic carbocycles. The summed E-state index contributed by atoms with van der Waals surface area (Å²) < 4.78 is 0. The number of nitrogens with zero attached hydrogens (tertiary/aromatic N) is 1. The highest BCUT2D eigenvalue weighted by Crippen LogP contribution is 2.14. The Morgan fingerprint density at radius 3 is 2.29 bits per heavy atom. The molecule has 1 aromatic carbocycles. The van der Waals surface area contributed by atoms with Crippen LogP contribution in [0, 0.1) is 5.92 Å². The highest BCUT2D eigenvalue weighted by Gasteiger charge is 2.01. The third-order valence-electron chi connectivity index (χ3n) is 2.24. The molecule has 0 radical (unpaired) electrons. The van der Waals surface area contributed by atoms with E-state index >= 15 is 0 Å². The van der Waals surface area contributed by atoms with E-state index in [-0.39, 0.29) is 5.92 Å². The zero-order chi connectivity index (χ0) is 10.6. The molecule has 0 aromatic heterocycles. The Hall–Kier alpha value is -1.31. The van der Waals surface area contributed by atoms with Crippen molar-refractivity contribution in [1.29, 1.82) is 0 Å². The van der Waals surface area contributed by atoms with Crippen LogP contribution in [0.1, 0.15) is 12.5 Å². The molecule has 0 saturated carbocycles. The number of carbonyl (C=O) groups is 1. The fourth-order valence-corrected chi connectivity index (χ4v) is 1.35. The molecule has 2 heteroatoms. The second-order valence-corrected chi connectivity index (χ2v) is 3.88. The lowest BCUT2D eigenvalue weighted by Crippen LogP contribution is -2.08. The Labute approximate surface area is 85.5 Å². The number of carbonyl (C=O) groups excluding carboxylic acids is 1. The van der Waals surface area contributed by atoms with E-state index in [0.717, 1.165) is 12.7 Å². The summed E-state index contributed by atoms with van der Waals surface area (Å²) in [5.41, 5.74) is 2.41. The summed E-state index contributed by atoms with van der Waals surface area (Å²) in [6, 6.07) is 8.31. The topological polar surface area (TPSA) is 20.3 Å². The summed E-state index contributed by atoms with van der Waals surface area (Å²) in [5, 5.41) is 0. The molecule has 1 rings (SSSR count). The second-order valence-electron chi connectivity index (χ2n) is 3.88. The van der Waals surface area contributed by atoms with Gasteiger partial charge in [0.25, 0.3) is 0 Å². The Kier molecular flexibility index (Phi) is 3.69.